The molecular weight excluding hydrogens is 250 g/mol. The standard InChI is InChI=1S/C9H12BrNO3/c1-12-7-3-6(5-14-11)4-8(13-2)9(7)10/h3-4H,5,11H2,1-2H3. The fourth-order valence-electron chi connectivity index (χ4n) is 1.10. The molecule has 4 nitrogen and oxygen atoms in total. The van der Waals surface area contributed by atoms with Gasteiger partial charge in [0.2, 0.25) is 0 Å². The van der Waals surface area contributed by atoms with Crippen molar-refractivity contribution in [1.29, 1.82) is 0 Å². The normalized spacial score (nSPS) is 10.0. The van der Waals surface area contributed by atoms with Gasteiger partial charge in [0.1, 0.15) is 16.0 Å². The molecule has 0 aliphatic heterocycles. The van der Waals surface area contributed by atoms with E-state index in [1.54, 1.807) is 14.2 Å². The third-order valence-corrected chi connectivity index (χ3v) is 2.54. The molecule has 0 heterocycles. The predicted molar refractivity (Wildman–Crippen MR) is 56.2 cm³/mol. The Kier molecular flexibility index (Phi) is 4.19. The highest BCUT2D eigenvalue weighted by Gasteiger charge is 2.09. The van der Waals surface area contributed by atoms with Gasteiger partial charge in [-0.1, -0.05) is 0 Å². The average Bonchev–Trinajstić information content (AvgIpc) is 2.20. The number of hydrogen-bond donors (Lipinski definition) is 1. The summed E-state index contributed by atoms with van der Waals surface area (Å²) >= 11 is 3.36. The molecule has 14 heavy (non-hydrogen) atoms. The molecule has 0 saturated carbocycles. The number of benzene rings is 1. The van der Waals surface area contributed by atoms with Gasteiger partial charge in [-0.2, -0.15) is 0 Å². The van der Waals surface area contributed by atoms with Crippen LogP contribution < -0.4 is 15.4 Å². The van der Waals surface area contributed by atoms with Crippen molar-refractivity contribution in [2.45, 2.75) is 6.61 Å². The quantitative estimate of drug-likeness (QED) is 0.841. The molecular formula is C9H12BrNO3. The Balaban J connectivity index is 3.11. The van der Waals surface area contributed by atoms with Crippen LogP contribution in [0.1, 0.15) is 5.56 Å². The van der Waals surface area contributed by atoms with Crippen molar-refractivity contribution in [1.82, 2.24) is 0 Å². The Labute approximate surface area is 91.0 Å². The lowest BCUT2D eigenvalue weighted by Gasteiger charge is -2.10. The lowest BCUT2D eigenvalue weighted by molar-refractivity contribution is 0.123. The number of methoxy groups -OCH3 is 2. The SMILES string of the molecule is COc1cc(CON)cc(OC)c1Br. The Morgan fingerprint density at radius 3 is 2.07 bits per heavy atom. The monoisotopic (exact) mass is 261 g/mol. The summed E-state index contributed by atoms with van der Waals surface area (Å²) < 4.78 is 11.1. The minimum absolute atomic E-state index is 0.319. The van der Waals surface area contributed by atoms with E-state index in [4.69, 9.17) is 15.4 Å². The molecule has 1 rings (SSSR count). The Morgan fingerprint density at radius 1 is 1.21 bits per heavy atom. The van der Waals surface area contributed by atoms with Crippen LogP contribution in [0, 0.1) is 0 Å². The second-order valence-electron chi connectivity index (χ2n) is 2.63. The summed E-state index contributed by atoms with van der Waals surface area (Å²) in [5.74, 6) is 6.37. The molecule has 0 spiro atoms. The maximum absolute atomic E-state index is 5.15. The fraction of sp³-hybridized carbons (Fsp3) is 0.333. The van der Waals surface area contributed by atoms with Crippen LogP contribution in [0.2, 0.25) is 0 Å². The minimum Gasteiger partial charge on any atom is -0.495 e. The lowest BCUT2D eigenvalue weighted by atomic mass is 10.2. The second kappa shape index (κ2) is 5.19. The highest BCUT2D eigenvalue weighted by atomic mass is 79.9. The van der Waals surface area contributed by atoms with Gasteiger partial charge in [0, 0.05) is 0 Å². The summed E-state index contributed by atoms with van der Waals surface area (Å²) in [6, 6.07) is 3.67. The Morgan fingerprint density at radius 2 is 1.71 bits per heavy atom. The van der Waals surface area contributed by atoms with E-state index in [9.17, 15) is 0 Å². The van der Waals surface area contributed by atoms with Gasteiger partial charge < -0.3 is 9.47 Å². The molecule has 0 aromatic heterocycles. The number of halogens is 1. The smallest absolute Gasteiger partial charge is 0.137 e. The van der Waals surface area contributed by atoms with Gasteiger partial charge >= 0.3 is 0 Å². The summed E-state index contributed by atoms with van der Waals surface area (Å²) in [7, 11) is 3.18. The van der Waals surface area contributed by atoms with Crippen molar-refractivity contribution in [2.75, 3.05) is 14.2 Å². The summed E-state index contributed by atoms with van der Waals surface area (Å²) in [5.41, 5.74) is 0.893. The molecule has 0 amide bonds. The van der Waals surface area contributed by atoms with Gasteiger partial charge in [-0.15, -0.1) is 0 Å². The van der Waals surface area contributed by atoms with Crippen LogP contribution in [0.4, 0.5) is 0 Å². The van der Waals surface area contributed by atoms with E-state index in [1.807, 2.05) is 12.1 Å². The molecule has 0 radical (unpaired) electrons. The van der Waals surface area contributed by atoms with E-state index >= 15 is 0 Å². The summed E-state index contributed by atoms with van der Waals surface area (Å²) in [6.45, 7) is 0.319. The lowest BCUT2D eigenvalue weighted by Crippen LogP contribution is -2.00. The van der Waals surface area contributed by atoms with Gasteiger partial charge in [0.15, 0.2) is 0 Å². The topological polar surface area (TPSA) is 53.7 Å². The molecule has 0 atom stereocenters. The predicted octanol–water partition coefficient (Wildman–Crippen LogP) is 1.86. The summed E-state index contributed by atoms with van der Waals surface area (Å²) in [4.78, 5) is 4.54. The number of nitrogens with two attached hydrogens (primary N) is 1. The van der Waals surface area contributed by atoms with E-state index in [2.05, 4.69) is 20.8 Å². The van der Waals surface area contributed by atoms with Gasteiger partial charge in [-0.25, -0.2) is 5.90 Å². The average molecular weight is 262 g/mol. The van der Waals surface area contributed by atoms with Crippen LogP contribution in [0.3, 0.4) is 0 Å². The van der Waals surface area contributed by atoms with Crippen LogP contribution in [0.25, 0.3) is 0 Å². The molecule has 0 aliphatic carbocycles. The van der Waals surface area contributed by atoms with Gasteiger partial charge in [-0.05, 0) is 33.6 Å². The van der Waals surface area contributed by atoms with Crippen molar-refractivity contribution in [3.63, 3.8) is 0 Å². The molecule has 78 valence electrons. The zero-order chi connectivity index (χ0) is 10.6. The number of hydrogen-bond acceptors (Lipinski definition) is 4. The van der Waals surface area contributed by atoms with E-state index in [-0.39, 0.29) is 0 Å². The molecule has 0 saturated heterocycles. The number of rotatable bonds is 4. The first kappa shape index (κ1) is 11.3. The maximum atomic E-state index is 5.15. The largest absolute Gasteiger partial charge is 0.495 e. The van der Waals surface area contributed by atoms with Crippen LogP contribution in [-0.2, 0) is 11.4 Å². The zero-order valence-electron chi connectivity index (χ0n) is 8.04. The molecule has 1 aromatic rings. The van der Waals surface area contributed by atoms with Gasteiger partial charge in [-0.3, -0.25) is 4.84 Å². The van der Waals surface area contributed by atoms with Gasteiger partial charge in [0.05, 0.1) is 20.8 Å². The first-order valence-electron chi connectivity index (χ1n) is 3.95. The highest BCUT2D eigenvalue weighted by Crippen LogP contribution is 2.35. The van der Waals surface area contributed by atoms with Crippen molar-refractivity contribution in [3.8, 4) is 11.5 Å². The third-order valence-electron chi connectivity index (χ3n) is 1.76. The van der Waals surface area contributed by atoms with E-state index < -0.39 is 0 Å². The Bertz CT molecular complexity index is 292. The van der Waals surface area contributed by atoms with E-state index in [0.29, 0.717) is 18.1 Å². The molecule has 1 aromatic carbocycles. The molecule has 0 aliphatic rings. The van der Waals surface area contributed by atoms with E-state index in [0.717, 1.165) is 10.0 Å². The van der Waals surface area contributed by atoms with Crippen molar-refractivity contribution < 1.29 is 14.3 Å². The van der Waals surface area contributed by atoms with Crippen LogP contribution in [0.5, 0.6) is 11.5 Å². The third kappa shape index (κ3) is 2.37. The van der Waals surface area contributed by atoms with Crippen LogP contribution >= 0.6 is 15.9 Å². The first-order chi connectivity index (χ1) is 6.72. The minimum atomic E-state index is 0.319. The van der Waals surface area contributed by atoms with Crippen LogP contribution in [-0.4, -0.2) is 14.2 Å². The molecule has 0 fully saturated rings. The van der Waals surface area contributed by atoms with Crippen molar-refractivity contribution in [2.24, 2.45) is 5.90 Å². The van der Waals surface area contributed by atoms with Crippen molar-refractivity contribution in [3.05, 3.63) is 22.2 Å². The highest BCUT2D eigenvalue weighted by molar-refractivity contribution is 9.10. The maximum Gasteiger partial charge on any atom is 0.137 e. The zero-order valence-corrected chi connectivity index (χ0v) is 9.63. The van der Waals surface area contributed by atoms with Crippen LogP contribution in [0.15, 0.2) is 16.6 Å². The second-order valence-corrected chi connectivity index (χ2v) is 3.42. The molecule has 5 heteroatoms. The van der Waals surface area contributed by atoms with Gasteiger partial charge in [0.25, 0.3) is 0 Å². The fourth-order valence-corrected chi connectivity index (χ4v) is 1.66. The Hall–Kier alpha value is -0.780. The molecule has 0 unspecified atom stereocenters. The number of ether oxygens (including phenoxy) is 2. The first-order valence-corrected chi connectivity index (χ1v) is 4.74. The van der Waals surface area contributed by atoms with Crippen molar-refractivity contribution >= 4 is 15.9 Å². The summed E-state index contributed by atoms with van der Waals surface area (Å²) in [6.07, 6.45) is 0. The van der Waals surface area contributed by atoms with E-state index in [1.165, 1.54) is 0 Å². The molecule has 2 N–H and O–H groups in total. The summed E-state index contributed by atoms with van der Waals surface area (Å²) in [5, 5.41) is 0. The molecule has 0 bridgehead atoms.